The number of fused-ring (bicyclic) bond motifs is 1. The topological polar surface area (TPSA) is 120 Å². The van der Waals surface area contributed by atoms with Crippen LogP contribution in [0.4, 0.5) is 5.82 Å². The number of benzene rings is 2. The monoisotopic (exact) mass is 390 g/mol. The second-order valence-electron chi connectivity index (χ2n) is 5.83. The van der Waals surface area contributed by atoms with E-state index < -0.39 is 11.2 Å². The Balaban J connectivity index is 2.14. The van der Waals surface area contributed by atoms with Crippen LogP contribution in [0.15, 0.2) is 64.2 Å². The van der Waals surface area contributed by atoms with Gasteiger partial charge in [-0.25, -0.2) is 9.36 Å². The van der Waals surface area contributed by atoms with Gasteiger partial charge in [0.25, 0.3) is 5.56 Å². The number of anilines is 1. The lowest BCUT2D eigenvalue weighted by molar-refractivity contribution is 0.805. The van der Waals surface area contributed by atoms with Crippen LogP contribution in [0.25, 0.3) is 22.3 Å². The second kappa shape index (κ2) is 6.64. The lowest BCUT2D eigenvalue weighted by atomic mass is 10.2. The van der Waals surface area contributed by atoms with E-state index in [0.717, 1.165) is 9.25 Å². The summed E-state index contributed by atoms with van der Waals surface area (Å²) >= 11 is 5.90. The minimum atomic E-state index is -0.710. The number of para-hydroxylation sites is 1. The van der Waals surface area contributed by atoms with E-state index in [4.69, 9.17) is 17.3 Å². The fraction of sp³-hybridized carbons (Fsp3) is 0. The number of halogens is 1. The van der Waals surface area contributed by atoms with E-state index >= 15 is 0 Å². The number of nitrogens with two attached hydrogens (primary N) is 1. The van der Waals surface area contributed by atoms with Crippen molar-refractivity contribution in [3.63, 3.8) is 0 Å². The zero-order chi connectivity index (χ0) is 19.8. The molecule has 8 nitrogen and oxygen atoms in total. The van der Waals surface area contributed by atoms with Gasteiger partial charge in [0.1, 0.15) is 22.8 Å². The van der Waals surface area contributed by atoms with Gasteiger partial charge in [-0.05, 0) is 36.4 Å². The molecule has 9 heteroatoms. The van der Waals surface area contributed by atoms with Crippen molar-refractivity contribution >= 4 is 28.3 Å². The van der Waals surface area contributed by atoms with E-state index in [1.54, 1.807) is 54.6 Å². The molecule has 0 aliphatic carbocycles. The van der Waals surface area contributed by atoms with Crippen molar-refractivity contribution < 1.29 is 0 Å². The molecule has 0 saturated carbocycles. The van der Waals surface area contributed by atoms with E-state index in [1.807, 2.05) is 6.07 Å². The van der Waals surface area contributed by atoms with Crippen molar-refractivity contribution in [2.45, 2.75) is 0 Å². The standard InChI is InChI=1S/C19H11ClN6O2/c20-11-6-8-13(9-7-11)26-18(27)15-16(14(10-21)24-26)23-19(28)25(17(15)22)12-4-2-1-3-5-12/h1-9H,22H2. The molecule has 28 heavy (non-hydrogen) atoms. The molecule has 0 bridgehead atoms. The Kier molecular flexibility index (Phi) is 4.14. The molecule has 4 rings (SSSR count). The lowest BCUT2D eigenvalue weighted by Gasteiger charge is -2.13. The molecule has 0 fully saturated rings. The number of nitrogens with zero attached hydrogens (tertiary/aromatic N) is 5. The van der Waals surface area contributed by atoms with Gasteiger partial charge in [-0.2, -0.15) is 20.0 Å². The van der Waals surface area contributed by atoms with Crippen LogP contribution in [0.1, 0.15) is 5.69 Å². The Morgan fingerprint density at radius 2 is 1.68 bits per heavy atom. The summed E-state index contributed by atoms with van der Waals surface area (Å²) in [6.45, 7) is 0. The van der Waals surface area contributed by atoms with Crippen LogP contribution in [-0.4, -0.2) is 19.3 Å². The first-order chi connectivity index (χ1) is 13.5. The smallest absolute Gasteiger partial charge is 0.354 e. The second-order valence-corrected chi connectivity index (χ2v) is 6.26. The highest BCUT2D eigenvalue weighted by atomic mass is 35.5. The molecule has 2 aromatic carbocycles. The van der Waals surface area contributed by atoms with Crippen molar-refractivity contribution in [1.29, 1.82) is 5.26 Å². The van der Waals surface area contributed by atoms with E-state index in [9.17, 15) is 14.9 Å². The van der Waals surface area contributed by atoms with Gasteiger partial charge in [0.05, 0.1) is 11.4 Å². The minimum Gasteiger partial charge on any atom is -0.384 e. The van der Waals surface area contributed by atoms with Crippen molar-refractivity contribution in [1.82, 2.24) is 19.3 Å². The predicted molar refractivity (Wildman–Crippen MR) is 105 cm³/mol. The van der Waals surface area contributed by atoms with Crippen LogP contribution in [0.2, 0.25) is 5.02 Å². The molecule has 0 amide bonds. The summed E-state index contributed by atoms with van der Waals surface area (Å²) in [5, 5.41) is 13.9. The van der Waals surface area contributed by atoms with Gasteiger partial charge in [-0.15, -0.1) is 0 Å². The van der Waals surface area contributed by atoms with Crippen LogP contribution in [0.5, 0.6) is 0 Å². The van der Waals surface area contributed by atoms with E-state index in [2.05, 4.69) is 10.1 Å². The minimum absolute atomic E-state index is 0.0649. The average Bonchev–Trinajstić information content (AvgIpc) is 2.70. The number of hydrogen-bond acceptors (Lipinski definition) is 6. The summed E-state index contributed by atoms with van der Waals surface area (Å²) in [5.41, 5.74) is 5.41. The molecule has 0 aliphatic rings. The number of aromatic nitrogens is 4. The number of rotatable bonds is 2. The normalized spacial score (nSPS) is 10.7. The SMILES string of the molecule is N#Cc1nn(-c2ccc(Cl)cc2)c(=O)c2c(N)n(-c3ccccc3)c(=O)nc12. The third-order valence-corrected chi connectivity index (χ3v) is 4.41. The highest BCUT2D eigenvalue weighted by molar-refractivity contribution is 6.30. The largest absolute Gasteiger partial charge is 0.384 e. The number of nitrogen functional groups attached to an aromatic ring is 1. The molecule has 0 atom stereocenters. The Bertz CT molecular complexity index is 1370. The first kappa shape index (κ1) is 17.5. The molecule has 136 valence electrons. The van der Waals surface area contributed by atoms with Crippen LogP contribution in [0.3, 0.4) is 0 Å². The summed E-state index contributed by atoms with van der Waals surface area (Å²) in [6.07, 6.45) is 0. The van der Waals surface area contributed by atoms with E-state index in [1.165, 1.54) is 0 Å². The lowest BCUT2D eigenvalue weighted by Crippen LogP contribution is -2.30. The summed E-state index contributed by atoms with van der Waals surface area (Å²) in [7, 11) is 0. The fourth-order valence-corrected chi connectivity index (χ4v) is 3.00. The first-order valence-electron chi connectivity index (χ1n) is 8.08. The van der Waals surface area contributed by atoms with Crippen molar-refractivity contribution in [3.8, 4) is 17.4 Å². The van der Waals surface area contributed by atoms with Crippen LogP contribution in [-0.2, 0) is 0 Å². The molecule has 2 aromatic heterocycles. The number of hydrogen-bond donors (Lipinski definition) is 1. The molecule has 0 unspecified atom stereocenters. The molecule has 0 radical (unpaired) electrons. The van der Waals surface area contributed by atoms with Crippen LogP contribution < -0.4 is 17.0 Å². The highest BCUT2D eigenvalue weighted by Crippen LogP contribution is 2.20. The van der Waals surface area contributed by atoms with Gasteiger partial charge < -0.3 is 5.73 Å². The van der Waals surface area contributed by atoms with Crippen molar-refractivity contribution in [2.75, 3.05) is 5.73 Å². The molecule has 0 aliphatic heterocycles. The van der Waals surface area contributed by atoms with Gasteiger partial charge in [-0.3, -0.25) is 4.79 Å². The maximum absolute atomic E-state index is 13.1. The average molecular weight is 391 g/mol. The molecule has 4 aromatic rings. The summed E-state index contributed by atoms with van der Waals surface area (Å²) in [5.74, 6) is -0.118. The summed E-state index contributed by atoms with van der Waals surface area (Å²) in [6, 6.07) is 16.8. The molecule has 2 heterocycles. The fourth-order valence-electron chi connectivity index (χ4n) is 2.88. The summed E-state index contributed by atoms with van der Waals surface area (Å²) in [4.78, 5) is 29.6. The first-order valence-corrected chi connectivity index (χ1v) is 8.46. The molecule has 0 saturated heterocycles. The zero-order valence-electron chi connectivity index (χ0n) is 14.2. The van der Waals surface area contributed by atoms with Crippen LogP contribution >= 0.6 is 11.6 Å². The predicted octanol–water partition coefficient (Wildman–Crippen LogP) is 2.04. The third-order valence-electron chi connectivity index (χ3n) is 4.15. The Morgan fingerprint density at radius 3 is 2.32 bits per heavy atom. The quantitative estimate of drug-likeness (QED) is 0.559. The van der Waals surface area contributed by atoms with Gasteiger partial charge in [0.15, 0.2) is 5.69 Å². The maximum atomic E-state index is 13.1. The van der Waals surface area contributed by atoms with Gasteiger partial charge >= 0.3 is 5.69 Å². The van der Waals surface area contributed by atoms with E-state index in [0.29, 0.717) is 16.4 Å². The Morgan fingerprint density at radius 1 is 1.00 bits per heavy atom. The third kappa shape index (κ3) is 2.71. The Labute approximate surface area is 162 Å². The Hall–Kier alpha value is -3.96. The van der Waals surface area contributed by atoms with Crippen LogP contribution in [0, 0.1) is 11.3 Å². The summed E-state index contributed by atoms with van der Waals surface area (Å²) < 4.78 is 2.16. The highest BCUT2D eigenvalue weighted by Gasteiger charge is 2.20. The number of nitriles is 1. The van der Waals surface area contributed by atoms with Gasteiger partial charge in [0.2, 0.25) is 0 Å². The molecular weight excluding hydrogens is 380 g/mol. The van der Waals surface area contributed by atoms with Crippen molar-refractivity contribution in [2.24, 2.45) is 0 Å². The molecule has 0 spiro atoms. The molecule has 2 N–H and O–H groups in total. The van der Waals surface area contributed by atoms with Gasteiger partial charge in [-0.1, -0.05) is 29.8 Å². The van der Waals surface area contributed by atoms with E-state index in [-0.39, 0.29) is 22.4 Å². The van der Waals surface area contributed by atoms with Gasteiger partial charge in [0, 0.05) is 5.02 Å². The molecular formula is C19H11ClN6O2. The van der Waals surface area contributed by atoms with Crippen molar-refractivity contribution in [3.05, 3.63) is 86.2 Å². The zero-order valence-corrected chi connectivity index (χ0v) is 15.0. The maximum Gasteiger partial charge on any atom is 0.354 e.